The lowest BCUT2D eigenvalue weighted by atomic mass is 9.99. The molecule has 6 nitrogen and oxygen atoms in total. The predicted molar refractivity (Wildman–Crippen MR) is 90.2 cm³/mol. The van der Waals surface area contributed by atoms with E-state index in [0.29, 0.717) is 12.0 Å². The van der Waals surface area contributed by atoms with Crippen molar-refractivity contribution in [1.82, 2.24) is 10.3 Å². The lowest BCUT2D eigenvalue weighted by molar-refractivity contribution is -0.140. The molecule has 1 heterocycles. The van der Waals surface area contributed by atoms with Crippen LogP contribution >= 0.6 is 11.3 Å². The van der Waals surface area contributed by atoms with Crippen LogP contribution in [0.1, 0.15) is 30.6 Å². The molecule has 1 amide bonds. The maximum absolute atomic E-state index is 12.3. The Bertz CT molecular complexity index is 673. The second kappa shape index (κ2) is 7.73. The molecule has 0 aliphatic heterocycles. The summed E-state index contributed by atoms with van der Waals surface area (Å²) in [5.74, 6) is -1.57. The first-order valence-electron chi connectivity index (χ1n) is 7.31. The molecule has 1 aromatic heterocycles. The van der Waals surface area contributed by atoms with Gasteiger partial charge in [0.2, 0.25) is 0 Å². The van der Waals surface area contributed by atoms with Crippen LogP contribution in [-0.2, 0) is 4.79 Å². The van der Waals surface area contributed by atoms with E-state index >= 15 is 0 Å². The van der Waals surface area contributed by atoms with E-state index in [4.69, 9.17) is 0 Å². The molecule has 1 aromatic carbocycles. The number of nitrogens with zero attached hydrogens (tertiary/aromatic N) is 1. The van der Waals surface area contributed by atoms with Gasteiger partial charge in [0.15, 0.2) is 5.13 Å². The monoisotopic (exact) mass is 333 g/mol. The third kappa shape index (κ3) is 4.53. The van der Waals surface area contributed by atoms with Crippen LogP contribution in [0.25, 0.3) is 0 Å². The SMILES string of the molecule is CCC(C)C(NC(=O)c1cccc(Nc2nccs2)c1)C(=O)O. The van der Waals surface area contributed by atoms with Gasteiger partial charge in [-0.15, -0.1) is 11.3 Å². The van der Waals surface area contributed by atoms with Crippen LogP contribution in [0.5, 0.6) is 0 Å². The minimum atomic E-state index is -1.02. The number of carbonyl (C=O) groups is 2. The summed E-state index contributed by atoms with van der Waals surface area (Å²) >= 11 is 1.45. The highest BCUT2D eigenvalue weighted by atomic mass is 32.1. The van der Waals surface area contributed by atoms with Gasteiger partial charge in [0.05, 0.1) is 0 Å². The van der Waals surface area contributed by atoms with Crippen molar-refractivity contribution in [1.29, 1.82) is 0 Å². The second-order valence-corrected chi connectivity index (χ2v) is 6.11. The van der Waals surface area contributed by atoms with E-state index < -0.39 is 17.9 Å². The van der Waals surface area contributed by atoms with Crippen molar-refractivity contribution < 1.29 is 14.7 Å². The molecule has 3 N–H and O–H groups in total. The molecule has 0 saturated heterocycles. The summed E-state index contributed by atoms with van der Waals surface area (Å²) in [6.45, 7) is 3.70. The van der Waals surface area contributed by atoms with Gasteiger partial charge in [-0.25, -0.2) is 9.78 Å². The van der Waals surface area contributed by atoms with Gasteiger partial charge in [-0.05, 0) is 24.1 Å². The number of carboxylic acid groups (broad SMARTS) is 1. The molecule has 2 atom stereocenters. The fourth-order valence-corrected chi connectivity index (χ4v) is 2.60. The first-order chi connectivity index (χ1) is 11.0. The summed E-state index contributed by atoms with van der Waals surface area (Å²) in [5, 5.41) is 17.5. The third-order valence-corrected chi connectivity index (χ3v) is 4.26. The van der Waals surface area contributed by atoms with E-state index in [2.05, 4.69) is 15.6 Å². The number of amides is 1. The number of carboxylic acids is 1. The quantitative estimate of drug-likeness (QED) is 0.724. The van der Waals surface area contributed by atoms with Crippen molar-refractivity contribution in [3.63, 3.8) is 0 Å². The molecule has 0 fully saturated rings. The molecule has 0 spiro atoms. The summed E-state index contributed by atoms with van der Waals surface area (Å²) < 4.78 is 0. The third-order valence-electron chi connectivity index (χ3n) is 3.57. The van der Waals surface area contributed by atoms with Gasteiger partial charge >= 0.3 is 5.97 Å². The van der Waals surface area contributed by atoms with E-state index in [9.17, 15) is 14.7 Å². The fourth-order valence-electron chi connectivity index (χ4n) is 2.05. The van der Waals surface area contributed by atoms with Gasteiger partial charge in [-0.2, -0.15) is 0 Å². The highest BCUT2D eigenvalue weighted by Gasteiger charge is 2.25. The lowest BCUT2D eigenvalue weighted by Gasteiger charge is -2.20. The Balaban J connectivity index is 2.11. The molecule has 2 aromatic rings. The number of rotatable bonds is 7. The number of hydrogen-bond donors (Lipinski definition) is 3. The van der Waals surface area contributed by atoms with E-state index in [1.165, 1.54) is 11.3 Å². The number of aromatic nitrogens is 1. The normalized spacial score (nSPS) is 13.1. The largest absolute Gasteiger partial charge is 0.480 e. The van der Waals surface area contributed by atoms with Crippen LogP contribution in [0.3, 0.4) is 0 Å². The van der Waals surface area contributed by atoms with Crippen molar-refractivity contribution in [2.24, 2.45) is 5.92 Å². The Kier molecular flexibility index (Phi) is 5.70. The standard InChI is InChI=1S/C16H19N3O3S/c1-3-10(2)13(15(21)22)19-14(20)11-5-4-6-12(9-11)18-16-17-7-8-23-16/h4-10,13H,3H2,1-2H3,(H,17,18)(H,19,20)(H,21,22). The fraction of sp³-hybridized carbons (Fsp3) is 0.312. The van der Waals surface area contributed by atoms with Gasteiger partial charge in [0, 0.05) is 22.8 Å². The molecular formula is C16H19N3O3S. The van der Waals surface area contributed by atoms with Gasteiger partial charge in [-0.3, -0.25) is 4.79 Å². The summed E-state index contributed by atoms with van der Waals surface area (Å²) in [4.78, 5) is 27.8. The first-order valence-corrected chi connectivity index (χ1v) is 8.19. The number of carbonyl (C=O) groups excluding carboxylic acids is 1. The molecular weight excluding hydrogens is 314 g/mol. The van der Waals surface area contributed by atoms with Crippen LogP contribution in [0, 0.1) is 5.92 Å². The van der Waals surface area contributed by atoms with Crippen molar-refractivity contribution >= 4 is 34.0 Å². The highest BCUT2D eigenvalue weighted by Crippen LogP contribution is 2.19. The zero-order chi connectivity index (χ0) is 16.8. The number of nitrogens with one attached hydrogen (secondary N) is 2. The molecule has 0 aliphatic carbocycles. The van der Waals surface area contributed by atoms with Crippen molar-refractivity contribution in [2.75, 3.05) is 5.32 Å². The number of aliphatic carboxylic acids is 1. The van der Waals surface area contributed by atoms with E-state index in [-0.39, 0.29) is 5.92 Å². The molecule has 0 radical (unpaired) electrons. The van der Waals surface area contributed by atoms with Gasteiger partial charge in [0.25, 0.3) is 5.91 Å². The Hall–Kier alpha value is -2.41. The van der Waals surface area contributed by atoms with E-state index in [0.717, 1.165) is 10.8 Å². The number of thiazole rings is 1. The average Bonchev–Trinajstić information content (AvgIpc) is 3.04. The van der Waals surface area contributed by atoms with Crippen LogP contribution in [-0.4, -0.2) is 28.0 Å². The first kappa shape index (κ1) is 17.0. The summed E-state index contributed by atoms with van der Waals surface area (Å²) in [6.07, 6.45) is 2.36. The smallest absolute Gasteiger partial charge is 0.326 e. The van der Waals surface area contributed by atoms with Crippen LogP contribution in [0.4, 0.5) is 10.8 Å². The molecule has 0 aliphatic rings. The van der Waals surface area contributed by atoms with Crippen molar-refractivity contribution in [3.8, 4) is 0 Å². The summed E-state index contributed by atoms with van der Waals surface area (Å²) in [7, 11) is 0. The zero-order valence-electron chi connectivity index (χ0n) is 12.9. The molecule has 2 unspecified atom stereocenters. The number of anilines is 2. The van der Waals surface area contributed by atoms with Crippen LogP contribution < -0.4 is 10.6 Å². The maximum Gasteiger partial charge on any atom is 0.326 e. The second-order valence-electron chi connectivity index (χ2n) is 5.22. The Morgan fingerprint density at radius 1 is 1.39 bits per heavy atom. The van der Waals surface area contributed by atoms with Crippen LogP contribution in [0.2, 0.25) is 0 Å². The summed E-state index contributed by atoms with van der Waals surface area (Å²) in [5.41, 5.74) is 1.13. The highest BCUT2D eigenvalue weighted by molar-refractivity contribution is 7.13. The Labute approximate surface area is 138 Å². The van der Waals surface area contributed by atoms with Gasteiger partial charge in [-0.1, -0.05) is 26.3 Å². The lowest BCUT2D eigenvalue weighted by Crippen LogP contribution is -2.45. The van der Waals surface area contributed by atoms with E-state index in [1.54, 1.807) is 31.3 Å². The topological polar surface area (TPSA) is 91.3 Å². The summed E-state index contributed by atoms with van der Waals surface area (Å²) in [6, 6.07) is 5.98. The maximum atomic E-state index is 12.3. The molecule has 0 saturated carbocycles. The van der Waals surface area contributed by atoms with Crippen molar-refractivity contribution in [3.05, 3.63) is 41.4 Å². The molecule has 7 heteroatoms. The molecule has 0 bridgehead atoms. The zero-order valence-corrected chi connectivity index (χ0v) is 13.8. The van der Waals surface area contributed by atoms with Gasteiger partial charge in [0.1, 0.15) is 6.04 Å². The Morgan fingerprint density at radius 3 is 2.78 bits per heavy atom. The number of benzene rings is 1. The Morgan fingerprint density at radius 2 is 2.17 bits per heavy atom. The predicted octanol–water partition coefficient (Wildman–Crippen LogP) is 3.12. The molecule has 2 rings (SSSR count). The molecule has 23 heavy (non-hydrogen) atoms. The van der Waals surface area contributed by atoms with Crippen LogP contribution in [0.15, 0.2) is 35.8 Å². The minimum absolute atomic E-state index is 0.145. The van der Waals surface area contributed by atoms with Crippen molar-refractivity contribution in [2.45, 2.75) is 26.3 Å². The molecule has 122 valence electrons. The average molecular weight is 333 g/mol. The van der Waals surface area contributed by atoms with Gasteiger partial charge < -0.3 is 15.7 Å². The number of hydrogen-bond acceptors (Lipinski definition) is 5. The van der Waals surface area contributed by atoms with E-state index in [1.807, 2.05) is 18.4 Å². The minimum Gasteiger partial charge on any atom is -0.480 e.